The molecule has 7 nitrogen and oxygen atoms in total. The Morgan fingerprint density at radius 2 is 1.12 bits per heavy atom. The highest BCUT2D eigenvalue weighted by molar-refractivity contribution is 5.81. The number of carbonyl (C=O) groups is 2. The molecule has 0 saturated carbocycles. The van der Waals surface area contributed by atoms with E-state index in [-0.39, 0.29) is 13.2 Å². The van der Waals surface area contributed by atoms with Gasteiger partial charge in [-0.3, -0.25) is 0 Å². The number of rotatable bonds is 13. The molecule has 4 aromatic rings. The average Bonchev–Trinajstić information content (AvgIpc) is 3.00. The van der Waals surface area contributed by atoms with Crippen molar-refractivity contribution in [1.29, 1.82) is 0 Å². The molecule has 7 heteroatoms. The maximum atomic E-state index is 11.4. The summed E-state index contributed by atoms with van der Waals surface area (Å²) in [5, 5.41) is 0. The van der Waals surface area contributed by atoms with Gasteiger partial charge in [-0.2, -0.15) is 0 Å². The second kappa shape index (κ2) is 14.4. The summed E-state index contributed by atoms with van der Waals surface area (Å²) < 4.78 is 22.5. The lowest BCUT2D eigenvalue weighted by atomic mass is 10.1. The molecule has 0 radical (unpaired) electrons. The van der Waals surface area contributed by atoms with Crippen molar-refractivity contribution < 1.29 is 28.5 Å². The Bertz CT molecular complexity index is 1440. The van der Waals surface area contributed by atoms with Crippen LogP contribution in [0.2, 0.25) is 0 Å². The van der Waals surface area contributed by atoms with Gasteiger partial charge in [0.2, 0.25) is 0 Å². The Balaban J connectivity index is 1.40. The van der Waals surface area contributed by atoms with Gasteiger partial charge in [-0.05, 0) is 72.1 Å². The Morgan fingerprint density at radius 1 is 0.667 bits per heavy atom. The van der Waals surface area contributed by atoms with Gasteiger partial charge in [0.25, 0.3) is 0 Å². The van der Waals surface area contributed by atoms with E-state index in [1.54, 1.807) is 12.1 Å². The number of aryl methyl sites for hydroxylation is 1. The molecular formula is C35H33NO6. The molecule has 0 aromatic heterocycles. The van der Waals surface area contributed by atoms with E-state index in [0.717, 1.165) is 40.0 Å². The van der Waals surface area contributed by atoms with Gasteiger partial charge < -0.3 is 24.7 Å². The van der Waals surface area contributed by atoms with Gasteiger partial charge >= 0.3 is 11.9 Å². The van der Waals surface area contributed by atoms with Crippen LogP contribution in [0, 0.1) is 6.92 Å². The van der Waals surface area contributed by atoms with E-state index < -0.39 is 11.9 Å². The predicted molar refractivity (Wildman–Crippen MR) is 164 cm³/mol. The van der Waals surface area contributed by atoms with Crippen LogP contribution >= 0.6 is 0 Å². The molecule has 0 atom stereocenters. The number of ether oxygens (including phenoxy) is 4. The largest absolute Gasteiger partial charge is 0.462 e. The fourth-order valence-electron chi connectivity index (χ4n) is 4.22. The normalized spacial score (nSPS) is 10.4. The van der Waals surface area contributed by atoms with Crippen LogP contribution < -0.4 is 15.2 Å². The van der Waals surface area contributed by atoms with Crippen LogP contribution in [0.5, 0.6) is 23.0 Å². The van der Waals surface area contributed by atoms with Crippen LogP contribution in [-0.4, -0.2) is 25.2 Å². The second-order valence-electron chi connectivity index (χ2n) is 9.47. The molecule has 0 aliphatic carbocycles. The minimum atomic E-state index is -0.472. The summed E-state index contributed by atoms with van der Waals surface area (Å²) in [4.78, 5) is 22.7. The van der Waals surface area contributed by atoms with Crippen LogP contribution in [0.1, 0.15) is 16.7 Å². The average molecular weight is 564 g/mol. The first-order valence-corrected chi connectivity index (χ1v) is 13.5. The zero-order chi connectivity index (χ0) is 29.9. The van der Waals surface area contributed by atoms with E-state index in [0.29, 0.717) is 41.5 Å². The maximum Gasteiger partial charge on any atom is 0.330 e. The summed E-state index contributed by atoms with van der Waals surface area (Å²) in [6.45, 7) is 9.27. The van der Waals surface area contributed by atoms with Gasteiger partial charge in [0.15, 0.2) is 0 Å². The van der Waals surface area contributed by atoms with Crippen LogP contribution in [0.3, 0.4) is 0 Å². The fourth-order valence-corrected chi connectivity index (χ4v) is 4.22. The SMILES string of the molecule is C=CC(=O)OCCc1cc(C)ccc1Oc1ccc(-c2ccc(Oc3ccc(N)cc3CCOC(=O)C=C)cc2)cc1. The molecule has 0 amide bonds. The molecule has 0 heterocycles. The van der Waals surface area contributed by atoms with Gasteiger partial charge in [0.1, 0.15) is 23.0 Å². The number of nitrogen functional groups attached to an aromatic ring is 1. The van der Waals surface area contributed by atoms with Crippen molar-refractivity contribution >= 4 is 17.6 Å². The smallest absolute Gasteiger partial charge is 0.330 e. The molecule has 0 aliphatic rings. The van der Waals surface area contributed by atoms with Crippen molar-refractivity contribution in [2.45, 2.75) is 19.8 Å². The van der Waals surface area contributed by atoms with Crippen molar-refractivity contribution in [2.24, 2.45) is 0 Å². The number of benzene rings is 4. The van der Waals surface area contributed by atoms with E-state index in [9.17, 15) is 9.59 Å². The monoisotopic (exact) mass is 563 g/mol. The highest BCUT2D eigenvalue weighted by atomic mass is 16.5. The predicted octanol–water partition coefficient (Wildman–Crippen LogP) is 7.37. The minimum absolute atomic E-state index is 0.194. The number of carbonyl (C=O) groups excluding carboxylic acids is 2. The van der Waals surface area contributed by atoms with Crippen LogP contribution in [0.25, 0.3) is 11.1 Å². The highest BCUT2D eigenvalue weighted by Crippen LogP contribution is 2.32. The van der Waals surface area contributed by atoms with Gasteiger partial charge in [-0.25, -0.2) is 9.59 Å². The molecular weight excluding hydrogens is 530 g/mol. The molecule has 0 spiro atoms. The van der Waals surface area contributed by atoms with Gasteiger partial charge in [-0.15, -0.1) is 0 Å². The van der Waals surface area contributed by atoms with Gasteiger partial charge in [0.05, 0.1) is 13.2 Å². The van der Waals surface area contributed by atoms with Gasteiger partial charge in [-0.1, -0.05) is 55.1 Å². The number of nitrogens with two attached hydrogens (primary N) is 1. The van der Waals surface area contributed by atoms with E-state index in [1.165, 1.54) is 0 Å². The summed E-state index contributed by atoms with van der Waals surface area (Å²) in [6.07, 6.45) is 3.27. The number of hydrogen-bond donors (Lipinski definition) is 1. The van der Waals surface area contributed by atoms with E-state index in [4.69, 9.17) is 24.7 Å². The number of anilines is 1. The quantitative estimate of drug-likeness (QED) is 0.103. The first-order chi connectivity index (χ1) is 20.3. The van der Waals surface area contributed by atoms with E-state index in [2.05, 4.69) is 13.2 Å². The van der Waals surface area contributed by atoms with Crippen LogP contribution in [-0.2, 0) is 31.9 Å². The van der Waals surface area contributed by atoms with Crippen LogP contribution in [0.15, 0.2) is 110 Å². The first-order valence-electron chi connectivity index (χ1n) is 13.5. The molecule has 2 N–H and O–H groups in total. The standard InChI is InChI=1S/C35H33NO6/c1-4-34(37)39-20-18-27-22-24(3)6-16-32(27)41-30-12-7-25(8-13-30)26-9-14-31(15-10-26)42-33-17-11-29(36)23-28(33)19-21-40-35(38)5-2/h4-17,22-23H,1-2,18-21,36H2,3H3. The fraction of sp³-hybridized carbons (Fsp3) is 0.143. The van der Waals surface area contributed by atoms with Crippen molar-refractivity contribution in [3.8, 4) is 34.1 Å². The molecule has 0 aliphatic heterocycles. The summed E-state index contributed by atoms with van der Waals surface area (Å²) in [5.74, 6) is 1.80. The number of hydrogen-bond acceptors (Lipinski definition) is 7. The Hall–Kier alpha value is -5.30. The molecule has 214 valence electrons. The summed E-state index contributed by atoms with van der Waals surface area (Å²) in [6, 6.07) is 26.9. The van der Waals surface area contributed by atoms with Crippen molar-refractivity contribution in [1.82, 2.24) is 0 Å². The van der Waals surface area contributed by atoms with Crippen LogP contribution in [0.4, 0.5) is 5.69 Å². The molecule has 0 unspecified atom stereocenters. The molecule has 4 aromatic carbocycles. The summed E-state index contributed by atoms with van der Waals surface area (Å²) in [5.41, 5.74) is 11.5. The first kappa shape index (κ1) is 29.7. The molecule has 0 bridgehead atoms. The lowest BCUT2D eigenvalue weighted by Gasteiger charge is -2.13. The zero-order valence-corrected chi connectivity index (χ0v) is 23.5. The molecule has 4 rings (SSSR count). The topological polar surface area (TPSA) is 97.1 Å². The summed E-state index contributed by atoms with van der Waals surface area (Å²) in [7, 11) is 0. The maximum absolute atomic E-state index is 11.4. The minimum Gasteiger partial charge on any atom is -0.462 e. The lowest BCUT2D eigenvalue weighted by molar-refractivity contribution is -0.138. The second-order valence-corrected chi connectivity index (χ2v) is 9.47. The number of esters is 2. The van der Waals surface area contributed by atoms with Crippen molar-refractivity contribution in [2.75, 3.05) is 18.9 Å². The molecule has 42 heavy (non-hydrogen) atoms. The Morgan fingerprint density at radius 3 is 1.60 bits per heavy atom. The van der Waals surface area contributed by atoms with E-state index in [1.807, 2.05) is 79.7 Å². The zero-order valence-electron chi connectivity index (χ0n) is 23.5. The summed E-state index contributed by atoms with van der Waals surface area (Å²) >= 11 is 0. The van der Waals surface area contributed by atoms with Gasteiger partial charge in [0, 0.05) is 36.2 Å². The third kappa shape index (κ3) is 8.35. The lowest BCUT2D eigenvalue weighted by Crippen LogP contribution is -2.05. The van der Waals surface area contributed by atoms with Crippen molar-refractivity contribution in [3.63, 3.8) is 0 Å². The third-order valence-corrected chi connectivity index (χ3v) is 6.36. The Labute approximate surface area is 245 Å². The third-order valence-electron chi connectivity index (χ3n) is 6.36. The van der Waals surface area contributed by atoms with E-state index >= 15 is 0 Å². The Kier molecular flexibility index (Phi) is 10.2. The highest BCUT2D eigenvalue weighted by Gasteiger charge is 2.10. The molecule has 0 saturated heterocycles. The van der Waals surface area contributed by atoms with Crippen molar-refractivity contribution in [3.05, 3.63) is 127 Å². The molecule has 0 fully saturated rings.